The molecule has 2 amide bonds. The molecule has 12 heteroatoms. The molecule has 206 valence electrons. The minimum Gasteiger partial charge on any atom is -0.396 e. The van der Waals surface area contributed by atoms with Gasteiger partial charge in [0.05, 0.1) is 11.4 Å². The van der Waals surface area contributed by atoms with E-state index in [2.05, 4.69) is 10.6 Å². The van der Waals surface area contributed by atoms with Crippen LogP contribution in [-0.4, -0.2) is 51.0 Å². The number of aliphatic hydroxyl groups excluding tert-OH is 2. The quantitative estimate of drug-likeness (QED) is 0.216. The van der Waals surface area contributed by atoms with Gasteiger partial charge in [-0.25, -0.2) is 4.39 Å². The number of amides is 2. The lowest BCUT2D eigenvalue weighted by Gasteiger charge is -2.44. The van der Waals surface area contributed by atoms with Crippen molar-refractivity contribution in [1.29, 1.82) is 0 Å². The number of nitrogens with zero attached hydrogens (tertiary/aromatic N) is 3. The van der Waals surface area contributed by atoms with E-state index in [0.717, 1.165) is 0 Å². The molecule has 1 aliphatic rings. The van der Waals surface area contributed by atoms with Gasteiger partial charge in [-0.2, -0.15) is 0 Å². The summed E-state index contributed by atoms with van der Waals surface area (Å²) in [6, 6.07) is 11.2. The second kappa shape index (κ2) is 11.7. The number of aromatic nitrogens is 1. The average molecular weight is 649 g/mol. The van der Waals surface area contributed by atoms with Gasteiger partial charge in [0.1, 0.15) is 17.2 Å². The van der Waals surface area contributed by atoms with Crippen LogP contribution in [0.4, 0.5) is 33.0 Å². The number of carbonyl (C=O) groups is 2. The lowest BCUT2D eigenvalue weighted by atomic mass is 10.0. The molecule has 0 saturated carbocycles. The highest BCUT2D eigenvalue weighted by Gasteiger charge is 2.41. The van der Waals surface area contributed by atoms with Gasteiger partial charge >= 0.3 is 0 Å². The topological polar surface area (TPSA) is 127 Å². The van der Waals surface area contributed by atoms with Gasteiger partial charge in [-0.1, -0.05) is 6.07 Å². The molecule has 0 aliphatic carbocycles. The molecule has 0 bridgehead atoms. The maximum Gasteiger partial charge on any atom is 0.263 e. The number of aliphatic hydroxyl groups is 2. The number of unbranched alkanes of at least 4 members (excludes halogenated alkanes) is 1. The van der Waals surface area contributed by atoms with Gasteiger partial charge in [0, 0.05) is 47.6 Å². The summed E-state index contributed by atoms with van der Waals surface area (Å²) in [5.41, 5.74) is 0.943. The third-order valence-electron chi connectivity index (χ3n) is 6.45. The van der Waals surface area contributed by atoms with E-state index >= 15 is 0 Å². The Morgan fingerprint density at radius 3 is 2.56 bits per heavy atom. The lowest BCUT2D eigenvalue weighted by molar-refractivity contribution is -0.114. The second-order valence-electron chi connectivity index (χ2n) is 9.19. The van der Waals surface area contributed by atoms with Gasteiger partial charge in [0.2, 0.25) is 12.3 Å². The van der Waals surface area contributed by atoms with E-state index in [1.807, 2.05) is 22.6 Å². The first kappa shape index (κ1) is 28.5. The minimum atomic E-state index is -1.50. The van der Waals surface area contributed by atoms with Crippen molar-refractivity contribution in [2.75, 3.05) is 28.7 Å². The molecule has 10 nitrogen and oxygen atoms in total. The standard InChI is InChI=1S/C27H29FIN5O5/c1-15-23-22(24(32(3)25(15)37)31-21-10-9-17(29)13-20(21)28)26(38)33(11-4-5-12-35)27(39)34(23)19-8-6-7-18(14-19)30-16(2)36/h6-10,13-14,27,31,35,39H,4-5,11-12H2,1-3H3,(H,30,36). The van der Waals surface area contributed by atoms with E-state index in [9.17, 15) is 29.0 Å². The fraction of sp³-hybridized carbons (Fsp3) is 0.296. The molecule has 1 aliphatic heterocycles. The van der Waals surface area contributed by atoms with Crippen LogP contribution in [0.3, 0.4) is 0 Å². The van der Waals surface area contributed by atoms with E-state index < -0.39 is 23.6 Å². The molecular formula is C27H29FIN5O5. The van der Waals surface area contributed by atoms with Crippen molar-refractivity contribution in [2.45, 2.75) is 33.0 Å². The summed E-state index contributed by atoms with van der Waals surface area (Å²) in [7, 11) is 1.48. The van der Waals surface area contributed by atoms with Crippen molar-refractivity contribution in [3.05, 3.63) is 73.3 Å². The number of fused-ring (bicyclic) bond motifs is 1. The van der Waals surface area contributed by atoms with Gasteiger partial charge in [-0.3, -0.25) is 28.8 Å². The van der Waals surface area contributed by atoms with Crippen molar-refractivity contribution < 1.29 is 24.2 Å². The van der Waals surface area contributed by atoms with E-state index in [4.69, 9.17) is 0 Å². The number of pyridine rings is 1. The monoisotopic (exact) mass is 649 g/mol. The Morgan fingerprint density at radius 1 is 1.15 bits per heavy atom. The Bertz CT molecular complexity index is 1490. The van der Waals surface area contributed by atoms with Crippen molar-refractivity contribution in [3.8, 4) is 0 Å². The number of hydrogen-bond acceptors (Lipinski definition) is 7. The third kappa shape index (κ3) is 5.63. The number of carbonyl (C=O) groups excluding carboxylic acids is 2. The number of rotatable bonds is 8. The third-order valence-corrected chi connectivity index (χ3v) is 7.12. The first-order chi connectivity index (χ1) is 18.5. The first-order valence-corrected chi connectivity index (χ1v) is 13.4. The van der Waals surface area contributed by atoms with Crippen molar-refractivity contribution in [3.63, 3.8) is 0 Å². The SMILES string of the molecule is CC(=O)Nc1cccc(N2c3c(c(Nc4ccc(I)cc4F)n(C)c(=O)c3C)C(=O)N(CCCCO)C2O)c1. The molecule has 39 heavy (non-hydrogen) atoms. The van der Waals surface area contributed by atoms with Crippen LogP contribution in [0.25, 0.3) is 0 Å². The molecule has 4 N–H and O–H groups in total. The molecule has 4 rings (SSSR count). The summed E-state index contributed by atoms with van der Waals surface area (Å²) in [4.78, 5) is 41.7. The highest BCUT2D eigenvalue weighted by Crippen LogP contribution is 2.42. The summed E-state index contributed by atoms with van der Waals surface area (Å²) < 4.78 is 16.8. The van der Waals surface area contributed by atoms with Gasteiger partial charge in [0.25, 0.3) is 11.5 Å². The summed E-state index contributed by atoms with van der Waals surface area (Å²) >= 11 is 1.98. The van der Waals surface area contributed by atoms with Crippen LogP contribution >= 0.6 is 22.6 Å². The Morgan fingerprint density at radius 2 is 1.90 bits per heavy atom. The molecular weight excluding hydrogens is 620 g/mol. The van der Waals surface area contributed by atoms with E-state index in [1.165, 1.54) is 40.5 Å². The molecule has 0 spiro atoms. The van der Waals surface area contributed by atoms with Crippen LogP contribution in [-0.2, 0) is 11.8 Å². The summed E-state index contributed by atoms with van der Waals surface area (Å²) in [6.45, 7) is 2.96. The Balaban J connectivity index is 1.97. The minimum absolute atomic E-state index is 0.0628. The molecule has 0 radical (unpaired) electrons. The molecule has 0 fully saturated rings. The van der Waals surface area contributed by atoms with E-state index in [1.54, 1.807) is 37.3 Å². The summed E-state index contributed by atoms with van der Waals surface area (Å²) in [5, 5.41) is 26.4. The van der Waals surface area contributed by atoms with Crippen LogP contribution < -0.4 is 21.1 Å². The zero-order chi connectivity index (χ0) is 28.4. The smallest absolute Gasteiger partial charge is 0.263 e. The van der Waals surface area contributed by atoms with E-state index in [-0.39, 0.29) is 47.4 Å². The number of benzene rings is 2. The van der Waals surface area contributed by atoms with Crippen LogP contribution in [0.15, 0.2) is 47.3 Å². The van der Waals surface area contributed by atoms with Crippen LogP contribution in [0.5, 0.6) is 0 Å². The molecule has 1 atom stereocenters. The fourth-order valence-corrected chi connectivity index (χ4v) is 5.06. The summed E-state index contributed by atoms with van der Waals surface area (Å²) in [5.74, 6) is -1.35. The van der Waals surface area contributed by atoms with Crippen molar-refractivity contribution in [1.82, 2.24) is 9.47 Å². The van der Waals surface area contributed by atoms with E-state index in [0.29, 0.717) is 27.8 Å². The van der Waals surface area contributed by atoms with Crippen LogP contribution in [0, 0.1) is 16.3 Å². The van der Waals surface area contributed by atoms with Crippen LogP contribution in [0.1, 0.15) is 35.7 Å². The summed E-state index contributed by atoms with van der Waals surface area (Å²) in [6.07, 6.45) is -0.676. The highest BCUT2D eigenvalue weighted by molar-refractivity contribution is 14.1. The van der Waals surface area contributed by atoms with Gasteiger partial charge < -0.3 is 20.8 Å². The van der Waals surface area contributed by atoms with Crippen LogP contribution in [0.2, 0.25) is 0 Å². The molecule has 0 saturated heterocycles. The van der Waals surface area contributed by atoms with Crippen molar-refractivity contribution in [2.24, 2.45) is 7.05 Å². The first-order valence-electron chi connectivity index (χ1n) is 12.3. The fourth-order valence-electron chi connectivity index (χ4n) is 4.60. The Hall–Kier alpha value is -3.49. The maximum atomic E-state index is 14.9. The molecule has 2 aromatic carbocycles. The molecule has 2 heterocycles. The number of hydrogen-bond donors (Lipinski definition) is 4. The van der Waals surface area contributed by atoms with Crippen molar-refractivity contribution >= 4 is 63.0 Å². The Labute approximate surface area is 238 Å². The number of anilines is 5. The average Bonchev–Trinajstić information content (AvgIpc) is 2.88. The predicted octanol–water partition coefficient (Wildman–Crippen LogP) is 3.78. The van der Waals surface area contributed by atoms with Gasteiger partial charge in [-0.15, -0.1) is 0 Å². The maximum absolute atomic E-state index is 14.9. The molecule has 1 unspecified atom stereocenters. The largest absolute Gasteiger partial charge is 0.396 e. The molecule has 1 aromatic heterocycles. The zero-order valence-corrected chi connectivity index (χ0v) is 23.8. The predicted molar refractivity (Wildman–Crippen MR) is 155 cm³/mol. The zero-order valence-electron chi connectivity index (χ0n) is 21.7. The second-order valence-corrected chi connectivity index (χ2v) is 10.4. The normalized spacial score (nSPS) is 14.8. The van der Waals surface area contributed by atoms with Gasteiger partial charge in [0.15, 0.2) is 0 Å². The highest BCUT2D eigenvalue weighted by atomic mass is 127. The Kier molecular flexibility index (Phi) is 8.57. The lowest BCUT2D eigenvalue weighted by Crippen LogP contribution is -2.55. The van der Waals surface area contributed by atoms with Gasteiger partial charge in [-0.05, 0) is 78.8 Å². The number of halogens is 2. The molecule has 3 aromatic rings. The number of nitrogens with one attached hydrogen (secondary N) is 2.